The van der Waals surface area contributed by atoms with Gasteiger partial charge < -0.3 is 5.73 Å². The fraction of sp³-hybridized carbons (Fsp3) is 0.143. The monoisotopic (exact) mass is 225 g/mol. The van der Waals surface area contributed by atoms with Gasteiger partial charge in [0.2, 0.25) is 5.82 Å². The predicted octanol–water partition coefficient (Wildman–Crippen LogP) is 0.878. The van der Waals surface area contributed by atoms with E-state index < -0.39 is 4.92 Å². The summed E-state index contributed by atoms with van der Waals surface area (Å²) in [5.41, 5.74) is 7.85. The molecule has 0 amide bonds. The molecule has 0 saturated heterocycles. The first-order valence-electron chi connectivity index (χ1n) is 4.01. The van der Waals surface area contributed by atoms with E-state index in [9.17, 15) is 10.1 Å². The Morgan fingerprint density at radius 2 is 2.47 bits per heavy atom. The highest BCUT2D eigenvalue weighted by molar-refractivity contribution is 7.07. The van der Waals surface area contributed by atoms with Crippen LogP contribution in [0.25, 0.3) is 0 Å². The third kappa shape index (κ3) is 1.79. The van der Waals surface area contributed by atoms with Crippen LogP contribution in [0.2, 0.25) is 0 Å². The number of nitrogen functional groups attached to an aromatic ring is 1. The first kappa shape index (κ1) is 9.59. The quantitative estimate of drug-likeness (QED) is 0.617. The van der Waals surface area contributed by atoms with Gasteiger partial charge in [0, 0.05) is 5.38 Å². The zero-order valence-corrected chi connectivity index (χ0v) is 8.35. The van der Waals surface area contributed by atoms with Crippen LogP contribution in [0.1, 0.15) is 5.69 Å². The van der Waals surface area contributed by atoms with E-state index in [1.54, 1.807) is 5.51 Å². The SMILES string of the molecule is Nc1c([N+](=O)[O-])cnn1Cc1cscn1. The van der Waals surface area contributed by atoms with Crippen LogP contribution in [0.15, 0.2) is 17.1 Å². The predicted molar refractivity (Wildman–Crippen MR) is 54.5 cm³/mol. The van der Waals surface area contributed by atoms with Crippen molar-refractivity contribution in [1.29, 1.82) is 0 Å². The number of hydrogen-bond donors (Lipinski definition) is 1. The molecule has 2 rings (SSSR count). The zero-order chi connectivity index (χ0) is 10.8. The summed E-state index contributed by atoms with van der Waals surface area (Å²) >= 11 is 1.45. The second kappa shape index (κ2) is 3.65. The summed E-state index contributed by atoms with van der Waals surface area (Å²) in [6.45, 7) is 0.350. The molecule has 0 radical (unpaired) electrons. The Labute approximate surface area is 88.3 Å². The summed E-state index contributed by atoms with van der Waals surface area (Å²) in [5, 5.41) is 16.2. The molecule has 15 heavy (non-hydrogen) atoms. The summed E-state index contributed by atoms with van der Waals surface area (Å²) in [6.07, 6.45) is 1.14. The van der Waals surface area contributed by atoms with Crippen molar-refractivity contribution in [3.05, 3.63) is 32.9 Å². The third-order valence-corrected chi connectivity index (χ3v) is 2.49. The number of nitrogens with two attached hydrogens (primary N) is 1. The maximum Gasteiger partial charge on any atom is 0.330 e. The molecule has 0 bridgehead atoms. The second-order valence-electron chi connectivity index (χ2n) is 2.81. The summed E-state index contributed by atoms with van der Waals surface area (Å²) in [6, 6.07) is 0. The second-order valence-corrected chi connectivity index (χ2v) is 3.53. The maximum absolute atomic E-state index is 10.5. The van der Waals surface area contributed by atoms with Crippen LogP contribution in [0.3, 0.4) is 0 Å². The zero-order valence-electron chi connectivity index (χ0n) is 7.53. The third-order valence-electron chi connectivity index (χ3n) is 1.85. The molecule has 78 valence electrons. The van der Waals surface area contributed by atoms with Crippen molar-refractivity contribution >= 4 is 22.8 Å². The van der Waals surface area contributed by atoms with E-state index in [-0.39, 0.29) is 11.5 Å². The van der Waals surface area contributed by atoms with Crippen LogP contribution in [-0.2, 0) is 6.54 Å². The first-order valence-corrected chi connectivity index (χ1v) is 4.95. The molecule has 0 aliphatic rings. The average molecular weight is 225 g/mol. The Morgan fingerprint density at radius 1 is 1.67 bits per heavy atom. The lowest BCUT2D eigenvalue weighted by molar-refractivity contribution is -0.384. The summed E-state index contributed by atoms with van der Waals surface area (Å²) in [4.78, 5) is 14.0. The van der Waals surface area contributed by atoms with Gasteiger partial charge >= 0.3 is 5.69 Å². The van der Waals surface area contributed by atoms with Gasteiger partial charge in [0.05, 0.1) is 22.7 Å². The molecule has 0 saturated carbocycles. The Morgan fingerprint density at radius 3 is 3.00 bits per heavy atom. The Bertz CT molecular complexity index is 478. The van der Waals surface area contributed by atoms with Crippen LogP contribution in [0, 0.1) is 10.1 Å². The molecule has 0 aliphatic heterocycles. The van der Waals surface area contributed by atoms with Gasteiger partial charge in [0.1, 0.15) is 6.20 Å². The maximum atomic E-state index is 10.5. The summed E-state index contributed by atoms with van der Waals surface area (Å²) in [7, 11) is 0. The summed E-state index contributed by atoms with van der Waals surface area (Å²) < 4.78 is 1.35. The van der Waals surface area contributed by atoms with Crippen molar-refractivity contribution < 1.29 is 4.92 Å². The fourth-order valence-corrected chi connectivity index (χ4v) is 1.67. The van der Waals surface area contributed by atoms with E-state index in [1.165, 1.54) is 16.0 Å². The van der Waals surface area contributed by atoms with Crippen LogP contribution in [0.5, 0.6) is 0 Å². The van der Waals surface area contributed by atoms with Gasteiger partial charge in [0.25, 0.3) is 0 Å². The molecule has 2 N–H and O–H groups in total. The number of rotatable bonds is 3. The van der Waals surface area contributed by atoms with E-state index in [0.29, 0.717) is 6.54 Å². The fourth-order valence-electron chi connectivity index (χ4n) is 1.12. The van der Waals surface area contributed by atoms with E-state index in [4.69, 9.17) is 5.73 Å². The van der Waals surface area contributed by atoms with Crippen molar-refractivity contribution in [1.82, 2.24) is 14.8 Å². The largest absolute Gasteiger partial charge is 0.378 e. The normalized spacial score (nSPS) is 10.4. The lowest BCUT2D eigenvalue weighted by Gasteiger charge is -1.99. The lowest BCUT2D eigenvalue weighted by atomic mass is 10.5. The van der Waals surface area contributed by atoms with Gasteiger partial charge in [0.15, 0.2) is 0 Å². The molecule has 8 heteroatoms. The van der Waals surface area contributed by atoms with E-state index in [1.807, 2.05) is 5.38 Å². The van der Waals surface area contributed by atoms with Crippen LogP contribution in [-0.4, -0.2) is 19.7 Å². The molecule has 0 fully saturated rings. The summed E-state index contributed by atoms with van der Waals surface area (Å²) in [5.74, 6) is 0.0491. The minimum atomic E-state index is -0.556. The molecule has 0 unspecified atom stereocenters. The molecule has 0 atom stereocenters. The van der Waals surface area contributed by atoms with Gasteiger partial charge in [-0.3, -0.25) is 10.1 Å². The Hall–Kier alpha value is -1.96. The highest BCUT2D eigenvalue weighted by Crippen LogP contribution is 2.20. The minimum absolute atomic E-state index is 0.0491. The Kier molecular flexibility index (Phi) is 2.34. The van der Waals surface area contributed by atoms with Gasteiger partial charge in [-0.2, -0.15) is 5.10 Å². The molecule has 0 spiro atoms. The smallest absolute Gasteiger partial charge is 0.330 e. The molecule has 0 aromatic carbocycles. The number of aromatic nitrogens is 3. The van der Waals surface area contributed by atoms with E-state index in [0.717, 1.165) is 11.9 Å². The van der Waals surface area contributed by atoms with Gasteiger partial charge in [-0.05, 0) is 0 Å². The Balaban J connectivity index is 2.27. The lowest BCUT2D eigenvalue weighted by Crippen LogP contribution is -2.06. The van der Waals surface area contributed by atoms with Crippen molar-refractivity contribution in [3.63, 3.8) is 0 Å². The van der Waals surface area contributed by atoms with Gasteiger partial charge in [-0.25, -0.2) is 9.67 Å². The highest BCUT2D eigenvalue weighted by atomic mass is 32.1. The van der Waals surface area contributed by atoms with Crippen molar-refractivity contribution in [3.8, 4) is 0 Å². The molecule has 2 aromatic heterocycles. The highest BCUT2D eigenvalue weighted by Gasteiger charge is 2.17. The molecule has 0 aliphatic carbocycles. The van der Waals surface area contributed by atoms with Crippen molar-refractivity contribution in [2.75, 3.05) is 5.73 Å². The molecule has 2 aromatic rings. The standard InChI is InChI=1S/C7H7N5O2S/c8-7-6(12(13)14)1-10-11(7)2-5-3-15-4-9-5/h1,3-4H,2,8H2. The number of nitro groups is 1. The van der Waals surface area contributed by atoms with Gasteiger partial charge in [-0.1, -0.05) is 0 Å². The van der Waals surface area contributed by atoms with Crippen LogP contribution < -0.4 is 5.73 Å². The molecule has 7 nitrogen and oxygen atoms in total. The molecular formula is C7H7N5O2S. The first-order chi connectivity index (χ1) is 7.18. The number of nitrogens with zero attached hydrogens (tertiary/aromatic N) is 4. The van der Waals surface area contributed by atoms with E-state index in [2.05, 4.69) is 10.1 Å². The van der Waals surface area contributed by atoms with Crippen molar-refractivity contribution in [2.45, 2.75) is 6.54 Å². The minimum Gasteiger partial charge on any atom is -0.378 e. The molecule has 2 heterocycles. The molecular weight excluding hydrogens is 218 g/mol. The van der Waals surface area contributed by atoms with E-state index >= 15 is 0 Å². The van der Waals surface area contributed by atoms with Crippen LogP contribution >= 0.6 is 11.3 Å². The topological polar surface area (TPSA) is 99.9 Å². The van der Waals surface area contributed by atoms with Gasteiger partial charge in [-0.15, -0.1) is 11.3 Å². The number of anilines is 1. The van der Waals surface area contributed by atoms with Crippen molar-refractivity contribution in [2.24, 2.45) is 0 Å². The number of thiazole rings is 1. The average Bonchev–Trinajstić information content (AvgIpc) is 2.78. The number of hydrogen-bond acceptors (Lipinski definition) is 6. The van der Waals surface area contributed by atoms with Crippen LogP contribution in [0.4, 0.5) is 11.5 Å².